The van der Waals surface area contributed by atoms with Crippen LogP contribution in [0.25, 0.3) is 0 Å². The predicted octanol–water partition coefficient (Wildman–Crippen LogP) is 0.00750. The number of carbonyl (C=O) groups excluding carboxylic acids is 1. The van der Waals surface area contributed by atoms with Gasteiger partial charge in [-0.25, -0.2) is 4.39 Å². The number of hydrogen-bond donors (Lipinski definition) is 4. The van der Waals surface area contributed by atoms with Gasteiger partial charge in [0.05, 0.1) is 6.54 Å². The lowest BCUT2D eigenvalue weighted by Crippen LogP contribution is -2.34. The van der Waals surface area contributed by atoms with Crippen molar-refractivity contribution in [2.45, 2.75) is 0 Å². The molecule has 0 bridgehead atoms. The average molecular weight is 227 g/mol. The number of phenolic OH excluding ortho intramolecular Hbond substituents is 1. The highest BCUT2D eigenvalue weighted by molar-refractivity contribution is 5.99. The minimum atomic E-state index is -0.850. The van der Waals surface area contributed by atoms with Crippen LogP contribution in [0.3, 0.4) is 0 Å². The summed E-state index contributed by atoms with van der Waals surface area (Å²) in [6.45, 7) is -0.247. The van der Waals surface area contributed by atoms with E-state index in [2.05, 4.69) is 10.5 Å². The van der Waals surface area contributed by atoms with E-state index in [1.54, 1.807) is 0 Å². The Morgan fingerprint density at radius 3 is 2.81 bits per heavy atom. The molecule has 7 heteroatoms. The molecular formula is C9H10FN3O3. The molecule has 0 aliphatic carbocycles. The molecule has 1 aromatic rings. The summed E-state index contributed by atoms with van der Waals surface area (Å²) in [5.41, 5.74) is 4.63. The molecule has 0 saturated carbocycles. The van der Waals surface area contributed by atoms with Gasteiger partial charge in [0.25, 0.3) is 5.91 Å². The van der Waals surface area contributed by atoms with Crippen LogP contribution in [0.2, 0.25) is 0 Å². The molecule has 1 aromatic carbocycles. The van der Waals surface area contributed by atoms with Gasteiger partial charge in [0.15, 0.2) is 5.84 Å². The highest BCUT2D eigenvalue weighted by Crippen LogP contribution is 2.19. The molecule has 0 fully saturated rings. The van der Waals surface area contributed by atoms with Gasteiger partial charge in [-0.05, 0) is 12.1 Å². The molecule has 0 heterocycles. The third-order valence-corrected chi connectivity index (χ3v) is 1.78. The van der Waals surface area contributed by atoms with Crippen LogP contribution in [0.1, 0.15) is 10.4 Å². The zero-order chi connectivity index (χ0) is 12.1. The normalized spacial score (nSPS) is 11.2. The monoisotopic (exact) mass is 227 g/mol. The van der Waals surface area contributed by atoms with Crippen molar-refractivity contribution in [1.29, 1.82) is 0 Å². The van der Waals surface area contributed by atoms with E-state index < -0.39 is 23.0 Å². The van der Waals surface area contributed by atoms with E-state index in [-0.39, 0.29) is 12.4 Å². The topological polar surface area (TPSA) is 108 Å². The SMILES string of the molecule is N/C(CNC(=O)c1c(O)cccc1F)=N/O. The Kier molecular flexibility index (Phi) is 3.65. The summed E-state index contributed by atoms with van der Waals surface area (Å²) in [5.74, 6) is -2.40. The second kappa shape index (κ2) is 4.96. The van der Waals surface area contributed by atoms with E-state index in [0.717, 1.165) is 6.07 Å². The summed E-state index contributed by atoms with van der Waals surface area (Å²) in [6.07, 6.45) is 0. The Bertz CT molecular complexity index is 414. The number of aromatic hydroxyl groups is 1. The smallest absolute Gasteiger partial charge is 0.258 e. The van der Waals surface area contributed by atoms with Crippen LogP contribution in [0.15, 0.2) is 23.4 Å². The number of amidine groups is 1. The zero-order valence-electron chi connectivity index (χ0n) is 8.14. The third kappa shape index (κ3) is 2.59. The molecule has 1 rings (SSSR count). The Morgan fingerprint density at radius 1 is 1.56 bits per heavy atom. The van der Waals surface area contributed by atoms with Crippen molar-refractivity contribution in [2.24, 2.45) is 10.9 Å². The standard InChI is InChI=1S/C9H10FN3O3/c10-5-2-1-3-6(14)8(5)9(15)12-4-7(11)13-16/h1-3,14,16H,4H2,(H2,11,13)(H,12,15). The van der Waals surface area contributed by atoms with Gasteiger partial charge < -0.3 is 21.4 Å². The van der Waals surface area contributed by atoms with Crippen LogP contribution in [0.4, 0.5) is 4.39 Å². The molecule has 1 amide bonds. The molecule has 0 spiro atoms. The van der Waals surface area contributed by atoms with Crippen LogP contribution in [-0.4, -0.2) is 28.6 Å². The molecule has 0 unspecified atom stereocenters. The average Bonchev–Trinajstić information content (AvgIpc) is 2.25. The Labute approximate surface area is 90.2 Å². The lowest BCUT2D eigenvalue weighted by atomic mass is 10.1. The van der Waals surface area contributed by atoms with E-state index in [0.29, 0.717) is 0 Å². The maximum absolute atomic E-state index is 13.2. The first kappa shape index (κ1) is 11.8. The number of oxime groups is 1. The van der Waals surface area contributed by atoms with Crippen LogP contribution in [0, 0.1) is 5.82 Å². The van der Waals surface area contributed by atoms with Crippen LogP contribution < -0.4 is 11.1 Å². The fraction of sp³-hybridized carbons (Fsp3) is 0.111. The van der Waals surface area contributed by atoms with Crippen molar-refractivity contribution in [2.75, 3.05) is 6.54 Å². The molecule has 86 valence electrons. The fourth-order valence-electron chi connectivity index (χ4n) is 1.03. The van der Waals surface area contributed by atoms with Gasteiger partial charge in [-0.1, -0.05) is 11.2 Å². The van der Waals surface area contributed by atoms with Crippen molar-refractivity contribution in [3.05, 3.63) is 29.6 Å². The number of hydrogen-bond acceptors (Lipinski definition) is 4. The maximum Gasteiger partial charge on any atom is 0.258 e. The van der Waals surface area contributed by atoms with Crippen LogP contribution >= 0.6 is 0 Å². The predicted molar refractivity (Wildman–Crippen MR) is 53.8 cm³/mol. The van der Waals surface area contributed by atoms with E-state index in [4.69, 9.17) is 10.9 Å². The van der Waals surface area contributed by atoms with Crippen molar-refractivity contribution in [3.8, 4) is 5.75 Å². The first-order valence-electron chi connectivity index (χ1n) is 4.28. The van der Waals surface area contributed by atoms with E-state index in [1.165, 1.54) is 12.1 Å². The van der Waals surface area contributed by atoms with Crippen LogP contribution in [0.5, 0.6) is 5.75 Å². The highest BCUT2D eigenvalue weighted by Gasteiger charge is 2.16. The minimum Gasteiger partial charge on any atom is -0.507 e. The fourth-order valence-corrected chi connectivity index (χ4v) is 1.03. The van der Waals surface area contributed by atoms with Crippen molar-refractivity contribution in [1.82, 2.24) is 5.32 Å². The number of nitrogens with zero attached hydrogens (tertiary/aromatic N) is 1. The summed E-state index contributed by atoms with van der Waals surface area (Å²) in [7, 11) is 0. The van der Waals surface area contributed by atoms with E-state index in [9.17, 15) is 14.3 Å². The molecule has 5 N–H and O–H groups in total. The van der Waals surface area contributed by atoms with Gasteiger partial charge in [-0.3, -0.25) is 4.79 Å². The molecule has 0 saturated heterocycles. The lowest BCUT2D eigenvalue weighted by Gasteiger charge is -2.06. The summed E-state index contributed by atoms with van der Waals surface area (Å²) in [5, 5.41) is 22.3. The summed E-state index contributed by atoms with van der Waals surface area (Å²) >= 11 is 0. The first-order chi connectivity index (χ1) is 7.56. The quantitative estimate of drug-likeness (QED) is 0.252. The number of carbonyl (C=O) groups is 1. The van der Waals surface area contributed by atoms with Crippen LogP contribution in [-0.2, 0) is 0 Å². The second-order valence-corrected chi connectivity index (χ2v) is 2.91. The largest absolute Gasteiger partial charge is 0.507 e. The number of rotatable bonds is 3. The zero-order valence-corrected chi connectivity index (χ0v) is 8.14. The number of amides is 1. The molecule has 0 aliphatic heterocycles. The van der Waals surface area contributed by atoms with Gasteiger partial charge >= 0.3 is 0 Å². The summed E-state index contributed by atoms with van der Waals surface area (Å²) in [4.78, 5) is 11.4. The molecule has 0 radical (unpaired) electrons. The Hall–Kier alpha value is -2.31. The molecule has 16 heavy (non-hydrogen) atoms. The number of nitrogens with one attached hydrogen (secondary N) is 1. The minimum absolute atomic E-state index is 0.232. The number of nitrogens with two attached hydrogens (primary N) is 1. The van der Waals surface area contributed by atoms with Gasteiger partial charge in [-0.2, -0.15) is 0 Å². The number of phenols is 1. The van der Waals surface area contributed by atoms with Gasteiger partial charge in [-0.15, -0.1) is 0 Å². The van der Waals surface area contributed by atoms with Crippen molar-refractivity contribution in [3.63, 3.8) is 0 Å². The molecule has 6 nitrogen and oxygen atoms in total. The van der Waals surface area contributed by atoms with E-state index in [1.807, 2.05) is 0 Å². The Morgan fingerprint density at radius 2 is 2.25 bits per heavy atom. The third-order valence-electron chi connectivity index (χ3n) is 1.78. The molecule has 0 aliphatic rings. The maximum atomic E-state index is 13.2. The van der Waals surface area contributed by atoms with Crippen molar-refractivity contribution >= 4 is 11.7 Å². The van der Waals surface area contributed by atoms with Crippen molar-refractivity contribution < 1.29 is 19.5 Å². The molecule has 0 atom stereocenters. The van der Waals surface area contributed by atoms with E-state index >= 15 is 0 Å². The second-order valence-electron chi connectivity index (χ2n) is 2.91. The lowest BCUT2D eigenvalue weighted by molar-refractivity contribution is 0.0952. The van der Waals surface area contributed by atoms with Gasteiger partial charge in [0, 0.05) is 0 Å². The molecular weight excluding hydrogens is 217 g/mol. The van der Waals surface area contributed by atoms with Gasteiger partial charge in [0.1, 0.15) is 17.1 Å². The first-order valence-corrected chi connectivity index (χ1v) is 4.28. The Balaban J connectivity index is 2.81. The molecule has 0 aromatic heterocycles. The number of benzene rings is 1. The number of halogens is 1. The highest BCUT2D eigenvalue weighted by atomic mass is 19.1. The summed E-state index contributed by atoms with van der Waals surface area (Å²) in [6, 6.07) is 3.49. The van der Waals surface area contributed by atoms with Gasteiger partial charge in [0.2, 0.25) is 0 Å². The summed E-state index contributed by atoms with van der Waals surface area (Å²) < 4.78 is 13.2.